The lowest BCUT2D eigenvalue weighted by Gasteiger charge is -2.32. The lowest BCUT2D eigenvalue weighted by molar-refractivity contribution is -0.187. The van der Waals surface area contributed by atoms with Gasteiger partial charge in [-0.1, -0.05) is 6.42 Å². The Morgan fingerprint density at radius 3 is 2.52 bits per heavy atom. The Hall–Kier alpha value is -1.27. The highest BCUT2D eigenvalue weighted by Gasteiger charge is 2.43. The van der Waals surface area contributed by atoms with E-state index in [4.69, 9.17) is 0 Å². The van der Waals surface area contributed by atoms with E-state index in [1.165, 1.54) is 12.0 Å². The molecule has 0 aromatic heterocycles. The van der Waals surface area contributed by atoms with Crippen molar-refractivity contribution in [2.24, 2.45) is 11.8 Å². The van der Waals surface area contributed by atoms with Crippen LogP contribution in [-0.2, 0) is 14.3 Å². The lowest BCUT2D eigenvalue weighted by atomic mass is 9.80. The molecule has 2 unspecified atom stereocenters. The van der Waals surface area contributed by atoms with Gasteiger partial charge in [0.25, 0.3) is 0 Å². The number of ether oxygens (including phenoxy) is 1. The number of nitrogens with zero attached hydrogens (tertiary/aromatic N) is 1. The zero-order valence-electron chi connectivity index (χ0n) is 12.4. The van der Waals surface area contributed by atoms with Crippen LogP contribution in [0.2, 0.25) is 0 Å². The summed E-state index contributed by atoms with van der Waals surface area (Å²) < 4.78 is 42.7. The topological polar surface area (TPSA) is 46.6 Å². The molecule has 122 valence electrons. The molecule has 0 N–H and O–H groups in total. The number of methoxy groups -OCH3 is 1. The summed E-state index contributed by atoms with van der Waals surface area (Å²) in [5, 5.41) is 0. The fourth-order valence-electron chi connectivity index (χ4n) is 2.70. The average molecular weight is 309 g/mol. The van der Waals surface area contributed by atoms with Gasteiger partial charge in [-0.15, -0.1) is 0 Å². The standard InChI is InChI=1S/C14H22F3NO3/c1-18(8-4-7-12(19)21-2)13(20)10-5-3-6-11(9-10)14(15,16)17/h10-11H,3-9H2,1-2H3. The van der Waals surface area contributed by atoms with Crippen molar-refractivity contribution in [2.45, 2.75) is 44.7 Å². The summed E-state index contributed by atoms with van der Waals surface area (Å²) in [6.45, 7) is 0.348. The second-order valence-corrected chi connectivity index (χ2v) is 5.54. The van der Waals surface area contributed by atoms with Crippen LogP contribution in [0.5, 0.6) is 0 Å². The molecule has 1 aliphatic carbocycles. The van der Waals surface area contributed by atoms with E-state index in [9.17, 15) is 22.8 Å². The molecule has 0 radical (unpaired) electrons. The van der Waals surface area contributed by atoms with Gasteiger partial charge in [0.2, 0.25) is 5.91 Å². The number of alkyl halides is 3. The third kappa shape index (κ3) is 5.55. The van der Waals surface area contributed by atoms with Crippen LogP contribution in [-0.4, -0.2) is 43.7 Å². The molecule has 1 rings (SSSR count). The zero-order chi connectivity index (χ0) is 16.0. The Bertz CT molecular complexity index is 371. The number of rotatable bonds is 5. The minimum absolute atomic E-state index is 0.110. The number of hydrogen-bond acceptors (Lipinski definition) is 3. The molecule has 0 aromatic rings. The molecule has 1 saturated carbocycles. The number of esters is 1. The van der Waals surface area contributed by atoms with E-state index in [2.05, 4.69) is 4.74 Å². The molecule has 1 amide bonds. The highest BCUT2D eigenvalue weighted by atomic mass is 19.4. The lowest BCUT2D eigenvalue weighted by Crippen LogP contribution is -2.38. The number of carbonyl (C=O) groups excluding carboxylic acids is 2. The molecule has 0 bridgehead atoms. The van der Waals surface area contributed by atoms with Crippen molar-refractivity contribution in [2.75, 3.05) is 20.7 Å². The van der Waals surface area contributed by atoms with Gasteiger partial charge in [0, 0.05) is 25.9 Å². The first-order chi connectivity index (χ1) is 9.75. The number of carbonyl (C=O) groups is 2. The van der Waals surface area contributed by atoms with Gasteiger partial charge in [-0.05, 0) is 25.7 Å². The zero-order valence-corrected chi connectivity index (χ0v) is 12.4. The monoisotopic (exact) mass is 309 g/mol. The Morgan fingerprint density at radius 2 is 1.95 bits per heavy atom. The van der Waals surface area contributed by atoms with Crippen LogP contribution in [0.15, 0.2) is 0 Å². The minimum Gasteiger partial charge on any atom is -0.469 e. The van der Waals surface area contributed by atoms with Crippen LogP contribution in [0.3, 0.4) is 0 Å². The Labute approximate surface area is 122 Å². The molecule has 0 aromatic carbocycles. The highest BCUT2D eigenvalue weighted by Crippen LogP contribution is 2.40. The first-order valence-electron chi connectivity index (χ1n) is 7.14. The quantitative estimate of drug-likeness (QED) is 0.734. The SMILES string of the molecule is COC(=O)CCCN(C)C(=O)C1CCCC(C(F)(F)F)C1. The molecule has 4 nitrogen and oxygen atoms in total. The maximum atomic E-state index is 12.7. The van der Waals surface area contributed by atoms with Crippen LogP contribution in [0.1, 0.15) is 38.5 Å². The van der Waals surface area contributed by atoms with E-state index in [0.29, 0.717) is 25.8 Å². The molecule has 2 atom stereocenters. The van der Waals surface area contributed by atoms with Gasteiger partial charge in [0.1, 0.15) is 0 Å². The summed E-state index contributed by atoms with van der Waals surface area (Å²) in [6.07, 6.45) is -2.65. The van der Waals surface area contributed by atoms with Crippen molar-refractivity contribution in [3.63, 3.8) is 0 Å². The fraction of sp³-hybridized carbons (Fsp3) is 0.857. The summed E-state index contributed by atoms with van der Waals surface area (Å²) in [7, 11) is 2.85. The third-order valence-corrected chi connectivity index (χ3v) is 3.96. The molecule has 1 fully saturated rings. The molecular formula is C14H22F3NO3. The van der Waals surface area contributed by atoms with Gasteiger partial charge in [-0.2, -0.15) is 13.2 Å². The van der Waals surface area contributed by atoms with Crippen molar-refractivity contribution >= 4 is 11.9 Å². The second-order valence-electron chi connectivity index (χ2n) is 5.54. The van der Waals surface area contributed by atoms with E-state index in [1.54, 1.807) is 7.05 Å². The first kappa shape index (κ1) is 17.8. The van der Waals surface area contributed by atoms with Crippen LogP contribution in [0.4, 0.5) is 13.2 Å². The Balaban J connectivity index is 2.44. The van der Waals surface area contributed by atoms with Crippen molar-refractivity contribution in [1.29, 1.82) is 0 Å². The van der Waals surface area contributed by atoms with Crippen LogP contribution in [0.25, 0.3) is 0 Å². The van der Waals surface area contributed by atoms with Gasteiger partial charge in [-0.3, -0.25) is 9.59 Å². The number of hydrogen-bond donors (Lipinski definition) is 0. The molecule has 21 heavy (non-hydrogen) atoms. The third-order valence-electron chi connectivity index (χ3n) is 3.96. The predicted molar refractivity (Wildman–Crippen MR) is 70.4 cm³/mol. The summed E-state index contributed by atoms with van der Waals surface area (Å²) >= 11 is 0. The maximum absolute atomic E-state index is 12.7. The van der Waals surface area contributed by atoms with Crippen molar-refractivity contribution in [1.82, 2.24) is 4.90 Å². The molecule has 7 heteroatoms. The summed E-state index contributed by atoms with van der Waals surface area (Å²) in [6, 6.07) is 0. The molecule has 1 aliphatic rings. The van der Waals surface area contributed by atoms with Gasteiger partial charge >= 0.3 is 12.1 Å². The van der Waals surface area contributed by atoms with Crippen LogP contribution in [0, 0.1) is 11.8 Å². The van der Waals surface area contributed by atoms with Crippen LogP contribution >= 0.6 is 0 Å². The molecular weight excluding hydrogens is 287 g/mol. The number of amides is 1. The van der Waals surface area contributed by atoms with E-state index in [1.807, 2.05) is 0 Å². The Morgan fingerprint density at radius 1 is 1.29 bits per heavy atom. The van der Waals surface area contributed by atoms with Gasteiger partial charge in [0.05, 0.1) is 13.0 Å². The number of halogens is 3. The van der Waals surface area contributed by atoms with Gasteiger partial charge in [0.15, 0.2) is 0 Å². The fourth-order valence-corrected chi connectivity index (χ4v) is 2.70. The normalized spacial score (nSPS) is 22.7. The first-order valence-corrected chi connectivity index (χ1v) is 7.14. The maximum Gasteiger partial charge on any atom is 0.391 e. The van der Waals surface area contributed by atoms with Crippen LogP contribution < -0.4 is 0 Å². The summed E-state index contributed by atoms with van der Waals surface area (Å²) in [5.41, 5.74) is 0. The second kappa shape index (κ2) is 7.66. The molecule has 0 aliphatic heterocycles. The molecule has 0 heterocycles. The van der Waals surface area contributed by atoms with Crippen molar-refractivity contribution in [3.8, 4) is 0 Å². The summed E-state index contributed by atoms with van der Waals surface area (Å²) in [5.74, 6) is -2.54. The van der Waals surface area contributed by atoms with Gasteiger partial charge < -0.3 is 9.64 Å². The van der Waals surface area contributed by atoms with Gasteiger partial charge in [-0.25, -0.2) is 0 Å². The molecule has 0 saturated heterocycles. The summed E-state index contributed by atoms with van der Waals surface area (Å²) in [4.78, 5) is 24.5. The van der Waals surface area contributed by atoms with E-state index in [0.717, 1.165) is 0 Å². The highest BCUT2D eigenvalue weighted by molar-refractivity contribution is 5.78. The Kier molecular flexibility index (Phi) is 6.48. The van der Waals surface area contributed by atoms with Crippen molar-refractivity contribution in [3.05, 3.63) is 0 Å². The smallest absolute Gasteiger partial charge is 0.391 e. The minimum atomic E-state index is -4.22. The van der Waals surface area contributed by atoms with E-state index < -0.39 is 18.0 Å². The van der Waals surface area contributed by atoms with E-state index >= 15 is 0 Å². The van der Waals surface area contributed by atoms with E-state index in [-0.39, 0.29) is 31.1 Å². The average Bonchev–Trinajstić information content (AvgIpc) is 2.45. The van der Waals surface area contributed by atoms with Crippen molar-refractivity contribution < 1.29 is 27.5 Å². The molecule has 0 spiro atoms. The predicted octanol–water partition coefficient (Wildman–Crippen LogP) is 2.77. The largest absolute Gasteiger partial charge is 0.469 e.